The molecule has 0 bridgehead atoms. The molecule has 0 fully saturated rings. The highest BCUT2D eigenvalue weighted by atomic mass is 79.9. The Bertz CT molecular complexity index is 493. The largest absolute Gasteiger partial charge is 0.352 e. The van der Waals surface area contributed by atoms with E-state index in [1.165, 1.54) is 0 Å². The molecular formula is C13H14BrN3O. The summed E-state index contributed by atoms with van der Waals surface area (Å²) in [5.41, 5.74) is 1.09. The van der Waals surface area contributed by atoms with Gasteiger partial charge in [-0.2, -0.15) is 5.10 Å². The topological polar surface area (TPSA) is 46.9 Å². The Morgan fingerprint density at radius 3 is 2.78 bits per heavy atom. The van der Waals surface area contributed by atoms with Gasteiger partial charge in [0.25, 0.3) is 0 Å². The Labute approximate surface area is 114 Å². The van der Waals surface area contributed by atoms with Gasteiger partial charge in [-0.15, -0.1) is 0 Å². The number of rotatable bonds is 5. The van der Waals surface area contributed by atoms with Crippen LogP contribution in [0.15, 0.2) is 47.2 Å². The van der Waals surface area contributed by atoms with Crippen LogP contribution in [-0.4, -0.2) is 15.7 Å². The minimum atomic E-state index is 0.0356. The number of aromatic nitrogens is 2. The van der Waals surface area contributed by atoms with Crippen LogP contribution >= 0.6 is 15.9 Å². The number of hydrogen-bond donors (Lipinski definition) is 1. The van der Waals surface area contributed by atoms with Gasteiger partial charge in [0, 0.05) is 36.4 Å². The maximum Gasteiger partial charge on any atom is 0.222 e. The minimum absolute atomic E-state index is 0.0356. The van der Waals surface area contributed by atoms with Crippen molar-refractivity contribution in [3.05, 3.63) is 52.8 Å². The summed E-state index contributed by atoms with van der Waals surface area (Å²) in [5.74, 6) is 0.0356. The number of aryl methyl sites for hydroxylation is 1. The summed E-state index contributed by atoms with van der Waals surface area (Å²) in [4.78, 5) is 11.6. The van der Waals surface area contributed by atoms with Gasteiger partial charge in [-0.05, 0) is 23.8 Å². The zero-order valence-corrected chi connectivity index (χ0v) is 11.4. The van der Waals surface area contributed by atoms with E-state index in [4.69, 9.17) is 0 Å². The SMILES string of the molecule is O=C(CCn1cccn1)NCc1ccc(Br)cc1. The van der Waals surface area contributed by atoms with Crippen molar-refractivity contribution in [1.82, 2.24) is 15.1 Å². The lowest BCUT2D eigenvalue weighted by molar-refractivity contribution is -0.121. The fraction of sp³-hybridized carbons (Fsp3) is 0.231. The first kappa shape index (κ1) is 12.8. The molecule has 0 aliphatic rings. The van der Waals surface area contributed by atoms with Crippen LogP contribution in [0.25, 0.3) is 0 Å². The number of hydrogen-bond acceptors (Lipinski definition) is 2. The number of amides is 1. The van der Waals surface area contributed by atoms with E-state index in [0.717, 1.165) is 10.0 Å². The first-order valence-electron chi connectivity index (χ1n) is 5.72. The van der Waals surface area contributed by atoms with Gasteiger partial charge in [-0.1, -0.05) is 28.1 Å². The maximum atomic E-state index is 11.6. The van der Waals surface area contributed by atoms with Crippen molar-refractivity contribution in [3.8, 4) is 0 Å². The average Bonchev–Trinajstić information content (AvgIpc) is 2.89. The van der Waals surface area contributed by atoms with Crippen molar-refractivity contribution in [1.29, 1.82) is 0 Å². The number of halogens is 1. The monoisotopic (exact) mass is 307 g/mol. The first-order valence-corrected chi connectivity index (χ1v) is 6.52. The third-order valence-corrected chi connectivity index (χ3v) is 3.06. The molecule has 2 aromatic rings. The molecule has 5 heteroatoms. The number of carbonyl (C=O) groups excluding carboxylic acids is 1. The van der Waals surface area contributed by atoms with Gasteiger partial charge in [-0.3, -0.25) is 9.48 Å². The predicted octanol–water partition coefficient (Wildman–Crippen LogP) is 2.35. The van der Waals surface area contributed by atoms with E-state index in [9.17, 15) is 4.79 Å². The number of benzene rings is 1. The maximum absolute atomic E-state index is 11.6. The van der Waals surface area contributed by atoms with Crippen molar-refractivity contribution >= 4 is 21.8 Å². The average molecular weight is 308 g/mol. The molecule has 0 radical (unpaired) electrons. The summed E-state index contributed by atoms with van der Waals surface area (Å²) in [7, 11) is 0. The second-order valence-electron chi connectivity index (χ2n) is 3.92. The van der Waals surface area contributed by atoms with Crippen LogP contribution < -0.4 is 5.32 Å². The van der Waals surface area contributed by atoms with Crippen molar-refractivity contribution in [2.45, 2.75) is 19.5 Å². The fourth-order valence-corrected chi connectivity index (χ4v) is 1.80. The lowest BCUT2D eigenvalue weighted by Gasteiger charge is -2.05. The molecule has 0 aliphatic heterocycles. The van der Waals surface area contributed by atoms with Crippen molar-refractivity contribution < 1.29 is 4.79 Å². The number of carbonyl (C=O) groups is 1. The van der Waals surface area contributed by atoms with Gasteiger partial charge in [0.15, 0.2) is 0 Å². The van der Waals surface area contributed by atoms with Gasteiger partial charge in [-0.25, -0.2) is 0 Å². The zero-order valence-electron chi connectivity index (χ0n) is 9.84. The highest BCUT2D eigenvalue weighted by Gasteiger charge is 2.02. The molecule has 0 saturated carbocycles. The van der Waals surface area contributed by atoms with Gasteiger partial charge in [0.05, 0.1) is 0 Å². The molecule has 1 aromatic carbocycles. The number of nitrogens with zero attached hydrogens (tertiary/aromatic N) is 2. The smallest absolute Gasteiger partial charge is 0.222 e. The summed E-state index contributed by atoms with van der Waals surface area (Å²) in [6, 6.07) is 9.74. The highest BCUT2D eigenvalue weighted by molar-refractivity contribution is 9.10. The summed E-state index contributed by atoms with van der Waals surface area (Å²) in [6.07, 6.45) is 4.00. The third kappa shape index (κ3) is 4.00. The van der Waals surface area contributed by atoms with E-state index in [2.05, 4.69) is 26.3 Å². The molecule has 1 aromatic heterocycles. The standard InChI is InChI=1S/C13H14BrN3O/c14-12-4-2-11(3-5-12)10-15-13(18)6-9-17-8-1-7-16-17/h1-5,7-8H,6,9-10H2,(H,15,18). The van der Waals surface area contributed by atoms with Crippen LogP contribution in [0, 0.1) is 0 Å². The molecule has 1 heterocycles. The summed E-state index contributed by atoms with van der Waals surface area (Å²) in [5, 5.41) is 6.93. The quantitative estimate of drug-likeness (QED) is 0.921. The van der Waals surface area contributed by atoms with Crippen LogP contribution in [0.2, 0.25) is 0 Å². The molecular weight excluding hydrogens is 294 g/mol. The van der Waals surface area contributed by atoms with Crippen LogP contribution in [0.4, 0.5) is 0 Å². The molecule has 1 amide bonds. The molecule has 1 N–H and O–H groups in total. The van der Waals surface area contributed by atoms with Crippen molar-refractivity contribution in [2.24, 2.45) is 0 Å². The van der Waals surface area contributed by atoms with Crippen molar-refractivity contribution in [3.63, 3.8) is 0 Å². The zero-order chi connectivity index (χ0) is 12.8. The van der Waals surface area contributed by atoms with Crippen LogP contribution in [0.1, 0.15) is 12.0 Å². The Balaban J connectivity index is 1.73. The Morgan fingerprint density at radius 2 is 2.11 bits per heavy atom. The van der Waals surface area contributed by atoms with E-state index in [1.54, 1.807) is 10.9 Å². The van der Waals surface area contributed by atoms with Gasteiger partial charge in [0.2, 0.25) is 5.91 Å². The van der Waals surface area contributed by atoms with Crippen LogP contribution in [0.3, 0.4) is 0 Å². The molecule has 0 saturated heterocycles. The summed E-state index contributed by atoms with van der Waals surface area (Å²) < 4.78 is 2.79. The minimum Gasteiger partial charge on any atom is -0.352 e. The Morgan fingerprint density at radius 1 is 1.33 bits per heavy atom. The van der Waals surface area contributed by atoms with Gasteiger partial charge in [0.1, 0.15) is 0 Å². The van der Waals surface area contributed by atoms with Crippen LogP contribution in [-0.2, 0) is 17.9 Å². The second-order valence-corrected chi connectivity index (χ2v) is 4.84. The fourth-order valence-electron chi connectivity index (χ4n) is 1.54. The first-order chi connectivity index (χ1) is 8.74. The molecule has 4 nitrogen and oxygen atoms in total. The van der Waals surface area contributed by atoms with E-state index in [1.807, 2.05) is 36.5 Å². The molecule has 0 atom stereocenters. The van der Waals surface area contributed by atoms with Crippen LogP contribution in [0.5, 0.6) is 0 Å². The summed E-state index contributed by atoms with van der Waals surface area (Å²) in [6.45, 7) is 1.17. The predicted molar refractivity (Wildman–Crippen MR) is 72.8 cm³/mol. The lowest BCUT2D eigenvalue weighted by Crippen LogP contribution is -2.23. The van der Waals surface area contributed by atoms with Crippen molar-refractivity contribution in [2.75, 3.05) is 0 Å². The second kappa shape index (κ2) is 6.35. The van der Waals surface area contributed by atoms with Gasteiger partial charge >= 0.3 is 0 Å². The van der Waals surface area contributed by atoms with E-state index in [0.29, 0.717) is 19.5 Å². The van der Waals surface area contributed by atoms with Gasteiger partial charge < -0.3 is 5.32 Å². The normalized spacial score (nSPS) is 10.3. The summed E-state index contributed by atoms with van der Waals surface area (Å²) >= 11 is 3.38. The molecule has 0 aliphatic carbocycles. The van der Waals surface area contributed by atoms with E-state index < -0.39 is 0 Å². The van der Waals surface area contributed by atoms with E-state index >= 15 is 0 Å². The molecule has 18 heavy (non-hydrogen) atoms. The molecule has 94 valence electrons. The lowest BCUT2D eigenvalue weighted by atomic mass is 10.2. The molecule has 0 spiro atoms. The number of nitrogens with one attached hydrogen (secondary N) is 1. The van der Waals surface area contributed by atoms with E-state index in [-0.39, 0.29) is 5.91 Å². The molecule has 2 rings (SSSR count). The molecule has 0 unspecified atom stereocenters. The Hall–Kier alpha value is -1.62. The highest BCUT2D eigenvalue weighted by Crippen LogP contribution is 2.10. The third-order valence-electron chi connectivity index (χ3n) is 2.53. The Kier molecular flexibility index (Phi) is 4.52.